The predicted octanol–water partition coefficient (Wildman–Crippen LogP) is -0.522. The Morgan fingerprint density at radius 1 is 0.879 bits per heavy atom. The maximum atomic E-state index is 12.3. The van der Waals surface area contributed by atoms with E-state index in [0.29, 0.717) is 0 Å². The first-order chi connectivity index (χ1) is 15.5. The Morgan fingerprint density at radius 3 is 2.12 bits per heavy atom. The molecule has 8 N–H and O–H groups in total. The monoisotopic (exact) mass is 466 g/mol. The van der Waals surface area contributed by atoms with Gasteiger partial charge < -0.3 is 55.1 Å². The van der Waals surface area contributed by atoms with Gasteiger partial charge in [-0.2, -0.15) is 0 Å². The van der Waals surface area contributed by atoms with Crippen molar-refractivity contribution in [3.05, 3.63) is 34.9 Å². The Kier molecular flexibility index (Phi) is 5.32. The number of carbonyl (C=O) groups is 2. The van der Waals surface area contributed by atoms with Gasteiger partial charge in [-0.3, -0.25) is 0 Å². The number of phenols is 6. The van der Waals surface area contributed by atoms with Gasteiger partial charge in [-0.25, -0.2) is 9.59 Å². The van der Waals surface area contributed by atoms with Crippen molar-refractivity contribution in [2.75, 3.05) is 6.61 Å². The van der Waals surface area contributed by atoms with Crippen LogP contribution < -0.4 is 0 Å². The lowest BCUT2D eigenvalue weighted by atomic mass is 9.86. The zero-order valence-electron chi connectivity index (χ0n) is 16.4. The summed E-state index contributed by atoms with van der Waals surface area (Å²) in [7, 11) is 0. The summed E-state index contributed by atoms with van der Waals surface area (Å²) in [5, 5.41) is 79.0. The first kappa shape index (κ1) is 22.3. The Bertz CT molecular complexity index is 1120. The van der Waals surface area contributed by atoms with Crippen LogP contribution in [-0.4, -0.2) is 83.8 Å². The van der Waals surface area contributed by atoms with Crippen LogP contribution in [0.1, 0.15) is 32.4 Å². The molecule has 2 aromatic carbocycles. The number of fused-ring (bicyclic) bond motifs is 3. The third-order valence-corrected chi connectivity index (χ3v) is 5.41. The molecule has 0 aliphatic carbocycles. The third kappa shape index (κ3) is 3.57. The molecule has 1 fully saturated rings. The van der Waals surface area contributed by atoms with E-state index in [4.69, 9.17) is 14.2 Å². The van der Waals surface area contributed by atoms with Gasteiger partial charge in [-0.1, -0.05) is 0 Å². The second-order valence-corrected chi connectivity index (χ2v) is 7.46. The van der Waals surface area contributed by atoms with Gasteiger partial charge in [0.05, 0.1) is 11.1 Å². The molecule has 0 bridgehead atoms. The second kappa shape index (κ2) is 7.88. The average Bonchev–Trinajstić information content (AvgIpc) is 2.77. The molecule has 2 aromatic rings. The quantitative estimate of drug-likeness (QED) is 0.211. The highest BCUT2D eigenvalue weighted by molar-refractivity contribution is 5.95. The van der Waals surface area contributed by atoms with E-state index in [1.807, 2.05) is 0 Å². The molecule has 13 heteroatoms. The normalized spacial score (nSPS) is 26.1. The molecule has 13 nitrogen and oxygen atoms in total. The molecular formula is C20H18O13. The van der Waals surface area contributed by atoms with Crippen LogP contribution in [0, 0.1) is 0 Å². The molecule has 176 valence electrons. The minimum absolute atomic E-state index is 0.304. The summed E-state index contributed by atoms with van der Waals surface area (Å²) in [6, 6.07) is 2.48. The summed E-state index contributed by atoms with van der Waals surface area (Å²) >= 11 is 0. The summed E-state index contributed by atoms with van der Waals surface area (Å²) in [5.74, 6) is -7.19. The molecule has 1 saturated heterocycles. The van der Waals surface area contributed by atoms with E-state index in [-0.39, 0.29) is 16.7 Å². The Balaban J connectivity index is 1.58. The van der Waals surface area contributed by atoms with Crippen molar-refractivity contribution in [3.63, 3.8) is 0 Å². The maximum Gasteiger partial charge on any atom is 0.339 e. The summed E-state index contributed by atoms with van der Waals surface area (Å²) in [5.41, 5.74) is -0.998. The first-order valence-electron chi connectivity index (χ1n) is 9.43. The molecule has 5 atom stereocenters. The molecule has 0 aromatic heterocycles. The van der Waals surface area contributed by atoms with E-state index in [0.717, 1.165) is 18.2 Å². The zero-order valence-corrected chi connectivity index (χ0v) is 16.4. The summed E-state index contributed by atoms with van der Waals surface area (Å²) < 4.78 is 15.7. The van der Waals surface area contributed by atoms with Gasteiger partial charge >= 0.3 is 11.9 Å². The third-order valence-electron chi connectivity index (χ3n) is 5.41. The molecule has 33 heavy (non-hydrogen) atoms. The highest BCUT2D eigenvalue weighted by atomic mass is 16.6. The molecular weight excluding hydrogens is 448 g/mol. The van der Waals surface area contributed by atoms with Crippen LogP contribution >= 0.6 is 0 Å². The fourth-order valence-corrected chi connectivity index (χ4v) is 3.71. The predicted molar refractivity (Wildman–Crippen MR) is 102 cm³/mol. The number of aromatic hydroxyl groups is 6. The summed E-state index contributed by atoms with van der Waals surface area (Å²) in [6.45, 7) is -0.670. The van der Waals surface area contributed by atoms with Crippen molar-refractivity contribution in [2.45, 2.75) is 30.5 Å². The molecule has 2 aliphatic rings. The van der Waals surface area contributed by atoms with E-state index < -0.39 is 83.6 Å². The Morgan fingerprint density at radius 2 is 1.48 bits per heavy atom. The lowest BCUT2D eigenvalue weighted by Crippen LogP contribution is -2.58. The van der Waals surface area contributed by atoms with Crippen molar-refractivity contribution >= 4 is 11.9 Å². The highest BCUT2D eigenvalue weighted by Gasteiger charge is 2.52. The molecule has 0 saturated carbocycles. The highest BCUT2D eigenvalue weighted by Crippen LogP contribution is 2.49. The molecule has 2 heterocycles. The van der Waals surface area contributed by atoms with Crippen LogP contribution in [-0.2, 0) is 14.2 Å². The van der Waals surface area contributed by atoms with Crippen LogP contribution in [0.3, 0.4) is 0 Å². The number of aliphatic hydroxyl groups excluding tert-OH is 2. The van der Waals surface area contributed by atoms with E-state index in [1.165, 1.54) is 0 Å². The SMILES string of the molecule is O=C(OC[C@H]1O[C@H]2c3c(cc(O)c(O)c3O)C(=O)O[C@@H]2[C@@H](O)[C@@H]1O)c1cc(O)c(O)c(O)c1. The maximum absolute atomic E-state index is 12.3. The summed E-state index contributed by atoms with van der Waals surface area (Å²) in [4.78, 5) is 24.5. The van der Waals surface area contributed by atoms with Gasteiger partial charge in [-0.15, -0.1) is 0 Å². The molecule has 0 radical (unpaired) electrons. The fourth-order valence-electron chi connectivity index (χ4n) is 3.71. The molecule has 4 rings (SSSR count). The smallest absolute Gasteiger partial charge is 0.339 e. The van der Waals surface area contributed by atoms with Crippen LogP contribution in [0.2, 0.25) is 0 Å². The Labute approximate surface area is 183 Å². The number of rotatable bonds is 3. The standard InChI is InChI=1S/C20H18O13/c21-7-1-5(2-8(22)12(7)24)19(29)31-4-10-14(26)16(28)18-17(32-10)11-6(20(30)33-18)3-9(23)13(25)15(11)27/h1-3,10,14,16-18,21-28H,4H2/t10-,14-,16+,17+,18-/m1/s1. The van der Waals surface area contributed by atoms with Gasteiger partial charge in [0, 0.05) is 5.56 Å². The number of benzene rings is 2. The molecule has 2 aliphatic heterocycles. The van der Waals surface area contributed by atoms with Gasteiger partial charge in [0.2, 0.25) is 5.75 Å². The van der Waals surface area contributed by atoms with Crippen molar-refractivity contribution in [1.82, 2.24) is 0 Å². The number of carbonyl (C=O) groups excluding carboxylic acids is 2. The van der Waals surface area contributed by atoms with Crippen molar-refractivity contribution in [2.24, 2.45) is 0 Å². The van der Waals surface area contributed by atoms with Gasteiger partial charge in [0.1, 0.15) is 31.0 Å². The average molecular weight is 466 g/mol. The largest absolute Gasteiger partial charge is 0.504 e. The van der Waals surface area contributed by atoms with E-state index in [1.54, 1.807) is 0 Å². The number of hydrogen-bond acceptors (Lipinski definition) is 13. The molecule has 0 unspecified atom stereocenters. The van der Waals surface area contributed by atoms with Crippen LogP contribution in [0.15, 0.2) is 18.2 Å². The van der Waals surface area contributed by atoms with E-state index in [9.17, 15) is 50.4 Å². The zero-order chi connectivity index (χ0) is 24.2. The van der Waals surface area contributed by atoms with Crippen LogP contribution in [0.25, 0.3) is 0 Å². The Hall–Kier alpha value is -3.94. The van der Waals surface area contributed by atoms with Gasteiger partial charge in [0.25, 0.3) is 0 Å². The molecule has 0 spiro atoms. The van der Waals surface area contributed by atoms with Gasteiger partial charge in [0.15, 0.2) is 34.9 Å². The fraction of sp³-hybridized carbons (Fsp3) is 0.300. The van der Waals surface area contributed by atoms with E-state index >= 15 is 0 Å². The number of ether oxygens (including phenoxy) is 3. The van der Waals surface area contributed by atoms with Crippen molar-refractivity contribution in [1.29, 1.82) is 0 Å². The number of hydrogen-bond donors (Lipinski definition) is 8. The number of esters is 2. The summed E-state index contributed by atoms with van der Waals surface area (Å²) in [6.07, 6.45) is -7.78. The van der Waals surface area contributed by atoms with Crippen LogP contribution in [0.5, 0.6) is 34.5 Å². The van der Waals surface area contributed by atoms with Gasteiger partial charge in [-0.05, 0) is 18.2 Å². The number of phenolic OH excluding ortho intramolecular Hbond substituents is 6. The lowest BCUT2D eigenvalue weighted by molar-refractivity contribution is -0.235. The minimum Gasteiger partial charge on any atom is -0.504 e. The number of aliphatic hydroxyl groups is 2. The van der Waals surface area contributed by atoms with E-state index in [2.05, 4.69) is 0 Å². The second-order valence-electron chi connectivity index (χ2n) is 7.46. The minimum atomic E-state index is -1.75. The van der Waals surface area contributed by atoms with Crippen molar-refractivity contribution in [3.8, 4) is 34.5 Å². The first-order valence-corrected chi connectivity index (χ1v) is 9.43. The lowest BCUT2D eigenvalue weighted by Gasteiger charge is -2.44. The molecule has 0 amide bonds. The topological polar surface area (TPSA) is 224 Å². The van der Waals surface area contributed by atoms with Crippen LogP contribution in [0.4, 0.5) is 0 Å². The van der Waals surface area contributed by atoms with Crippen molar-refractivity contribution < 1.29 is 64.7 Å².